The Morgan fingerprint density at radius 1 is 1.18 bits per heavy atom. The number of hydrogen-bond donors (Lipinski definition) is 1. The van der Waals surface area contributed by atoms with Crippen molar-refractivity contribution in [1.29, 1.82) is 0 Å². The molecular formula is C19H15ClF4N2OS. The first-order valence-electron chi connectivity index (χ1n) is 8.18. The van der Waals surface area contributed by atoms with E-state index in [2.05, 4.69) is 10.3 Å². The van der Waals surface area contributed by atoms with Crippen LogP contribution in [0.1, 0.15) is 25.0 Å². The van der Waals surface area contributed by atoms with E-state index in [4.69, 9.17) is 11.6 Å². The predicted molar refractivity (Wildman–Crippen MR) is 103 cm³/mol. The van der Waals surface area contributed by atoms with Gasteiger partial charge in [-0.3, -0.25) is 9.79 Å². The number of carbonyl (C=O) groups excluding carboxylic acids is 1. The summed E-state index contributed by atoms with van der Waals surface area (Å²) in [6.07, 6.45) is -4.63. The summed E-state index contributed by atoms with van der Waals surface area (Å²) in [7, 11) is 0. The van der Waals surface area contributed by atoms with E-state index in [1.807, 2.05) is 13.8 Å². The molecule has 3 rings (SSSR count). The van der Waals surface area contributed by atoms with Crippen molar-refractivity contribution in [3.63, 3.8) is 0 Å². The summed E-state index contributed by atoms with van der Waals surface area (Å²) in [5, 5.41) is 2.60. The van der Waals surface area contributed by atoms with Gasteiger partial charge in [-0.05, 0) is 56.3 Å². The molecule has 0 fully saturated rings. The summed E-state index contributed by atoms with van der Waals surface area (Å²) >= 11 is 6.95. The summed E-state index contributed by atoms with van der Waals surface area (Å²) in [5.74, 6) is -0.922. The van der Waals surface area contributed by atoms with Crippen LogP contribution in [-0.4, -0.2) is 21.7 Å². The van der Waals surface area contributed by atoms with Gasteiger partial charge in [0.15, 0.2) is 0 Å². The Morgan fingerprint density at radius 2 is 1.82 bits per heavy atom. The number of carbonyl (C=O) groups is 1. The smallest absolute Gasteiger partial charge is 0.324 e. The summed E-state index contributed by atoms with van der Waals surface area (Å²) < 4.78 is 51.5. The van der Waals surface area contributed by atoms with Crippen molar-refractivity contribution < 1.29 is 22.4 Å². The van der Waals surface area contributed by atoms with Gasteiger partial charge in [-0.25, -0.2) is 4.39 Å². The number of amides is 1. The van der Waals surface area contributed by atoms with Crippen LogP contribution in [-0.2, 0) is 11.0 Å². The van der Waals surface area contributed by atoms with Gasteiger partial charge in [-0.2, -0.15) is 13.2 Å². The quantitative estimate of drug-likeness (QED) is 0.627. The maximum Gasteiger partial charge on any atom is 0.417 e. The highest BCUT2D eigenvalue weighted by atomic mass is 35.5. The van der Waals surface area contributed by atoms with Crippen molar-refractivity contribution in [3.05, 3.63) is 64.4 Å². The Labute approximate surface area is 168 Å². The minimum absolute atomic E-state index is 0.0204. The summed E-state index contributed by atoms with van der Waals surface area (Å²) in [5.41, 5.74) is -0.379. The van der Waals surface area contributed by atoms with Gasteiger partial charge < -0.3 is 5.32 Å². The van der Waals surface area contributed by atoms with Gasteiger partial charge in [0.1, 0.15) is 11.9 Å². The van der Waals surface area contributed by atoms with E-state index in [9.17, 15) is 22.4 Å². The van der Waals surface area contributed by atoms with E-state index in [-0.39, 0.29) is 11.5 Å². The lowest BCUT2D eigenvalue weighted by atomic mass is 10.0. The van der Waals surface area contributed by atoms with Crippen molar-refractivity contribution in [1.82, 2.24) is 0 Å². The average Bonchev–Trinajstić information content (AvgIpc) is 2.91. The predicted octanol–water partition coefficient (Wildman–Crippen LogP) is 5.78. The van der Waals surface area contributed by atoms with Crippen LogP contribution in [0.25, 0.3) is 0 Å². The molecular weight excluding hydrogens is 416 g/mol. The highest BCUT2D eigenvalue weighted by Crippen LogP contribution is 2.41. The third kappa shape index (κ3) is 4.33. The lowest BCUT2D eigenvalue weighted by Gasteiger charge is -2.23. The summed E-state index contributed by atoms with van der Waals surface area (Å²) in [4.78, 5) is 17.1. The first-order chi connectivity index (χ1) is 13.0. The molecule has 3 nitrogen and oxygen atoms in total. The van der Waals surface area contributed by atoms with Crippen molar-refractivity contribution in [3.8, 4) is 0 Å². The van der Waals surface area contributed by atoms with E-state index in [1.165, 1.54) is 30.0 Å². The zero-order valence-electron chi connectivity index (χ0n) is 14.8. The van der Waals surface area contributed by atoms with Crippen molar-refractivity contribution in [2.24, 2.45) is 4.99 Å². The molecule has 148 valence electrons. The number of aliphatic imine (C=N–C) groups is 1. The molecule has 1 aliphatic rings. The van der Waals surface area contributed by atoms with Crippen LogP contribution in [0.5, 0.6) is 0 Å². The molecule has 0 saturated carbocycles. The van der Waals surface area contributed by atoms with Crippen LogP contribution in [0.15, 0.2) is 47.5 Å². The van der Waals surface area contributed by atoms with Gasteiger partial charge in [0.05, 0.1) is 15.6 Å². The average molecular weight is 431 g/mol. The molecule has 1 N–H and O–H groups in total. The molecule has 0 radical (unpaired) electrons. The Bertz CT molecular complexity index is 942. The minimum atomic E-state index is -4.63. The molecule has 2 aromatic rings. The summed E-state index contributed by atoms with van der Waals surface area (Å²) in [6, 6.07) is 8.06. The van der Waals surface area contributed by atoms with Crippen molar-refractivity contribution in [2.45, 2.75) is 30.8 Å². The third-order valence-corrected chi connectivity index (χ3v) is 5.76. The van der Waals surface area contributed by atoms with Gasteiger partial charge in [-0.1, -0.05) is 23.4 Å². The largest absolute Gasteiger partial charge is 0.417 e. The fourth-order valence-corrected chi connectivity index (χ4v) is 4.14. The normalized spacial score (nSPS) is 18.7. The number of alkyl halides is 3. The van der Waals surface area contributed by atoms with Crippen LogP contribution >= 0.6 is 23.4 Å². The lowest BCUT2D eigenvalue weighted by Crippen LogP contribution is -2.39. The molecule has 1 heterocycles. The Hall–Kier alpha value is -2.06. The SMILES string of the molecule is CC1(C)SC(c2ccc(F)cc2)=NC1C(=O)Nc1ccc(Cl)c(C(F)(F)F)c1. The molecule has 0 spiro atoms. The number of thioether (sulfide) groups is 1. The number of halogens is 5. The molecule has 0 saturated heterocycles. The molecule has 1 amide bonds. The highest BCUT2D eigenvalue weighted by molar-refractivity contribution is 8.15. The number of anilines is 1. The first-order valence-corrected chi connectivity index (χ1v) is 9.37. The number of rotatable bonds is 3. The van der Waals surface area contributed by atoms with E-state index < -0.39 is 33.5 Å². The monoisotopic (exact) mass is 430 g/mol. The summed E-state index contributed by atoms with van der Waals surface area (Å²) in [6.45, 7) is 3.62. The number of benzene rings is 2. The van der Waals surface area contributed by atoms with Gasteiger partial charge in [-0.15, -0.1) is 0 Å². The van der Waals surface area contributed by atoms with Crippen LogP contribution in [0.3, 0.4) is 0 Å². The highest BCUT2D eigenvalue weighted by Gasteiger charge is 2.42. The zero-order chi connectivity index (χ0) is 20.7. The topological polar surface area (TPSA) is 41.5 Å². The fraction of sp³-hybridized carbons (Fsp3) is 0.263. The Morgan fingerprint density at radius 3 is 2.43 bits per heavy atom. The van der Waals surface area contributed by atoms with Gasteiger partial charge in [0, 0.05) is 16.0 Å². The number of nitrogens with one attached hydrogen (secondary N) is 1. The molecule has 0 aliphatic carbocycles. The second kappa shape index (κ2) is 7.40. The maximum absolute atomic E-state index is 13.1. The standard InChI is InChI=1S/C19H15ClF4N2OS/c1-18(2)15(26-17(28-18)10-3-5-11(21)6-4-10)16(27)25-12-7-8-14(20)13(9-12)19(22,23)24/h3-9,15H,1-2H3,(H,25,27). The first kappa shape index (κ1) is 20.7. The van der Waals surface area contributed by atoms with E-state index in [0.29, 0.717) is 10.6 Å². The number of hydrogen-bond acceptors (Lipinski definition) is 3. The van der Waals surface area contributed by atoms with Crippen LogP contribution < -0.4 is 5.32 Å². The van der Waals surface area contributed by atoms with Gasteiger partial charge >= 0.3 is 6.18 Å². The molecule has 28 heavy (non-hydrogen) atoms. The maximum atomic E-state index is 13.1. The second-order valence-electron chi connectivity index (χ2n) is 6.73. The van der Waals surface area contributed by atoms with E-state index in [0.717, 1.165) is 12.1 Å². The van der Waals surface area contributed by atoms with Crippen molar-refractivity contribution in [2.75, 3.05) is 5.32 Å². The number of nitrogens with zero attached hydrogens (tertiary/aromatic N) is 1. The second-order valence-corrected chi connectivity index (χ2v) is 8.78. The fourth-order valence-electron chi connectivity index (χ4n) is 2.74. The zero-order valence-corrected chi connectivity index (χ0v) is 16.3. The van der Waals surface area contributed by atoms with Crippen LogP contribution in [0.2, 0.25) is 5.02 Å². The molecule has 1 aliphatic heterocycles. The van der Waals surface area contributed by atoms with E-state index in [1.54, 1.807) is 12.1 Å². The molecule has 1 unspecified atom stereocenters. The molecule has 9 heteroatoms. The third-order valence-electron chi connectivity index (χ3n) is 4.14. The Kier molecular flexibility index (Phi) is 5.46. The Balaban J connectivity index is 1.84. The molecule has 0 bridgehead atoms. The molecule has 2 aromatic carbocycles. The van der Waals surface area contributed by atoms with Gasteiger partial charge in [0.25, 0.3) is 5.91 Å². The van der Waals surface area contributed by atoms with Gasteiger partial charge in [0.2, 0.25) is 0 Å². The molecule has 0 aromatic heterocycles. The lowest BCUT2D eigenvalue weighted by molar-refractivity contribution is -0.137. The minimum Gasteiger partial charge on any atom is -0.324 e. The van der Waals surface area contributed by atoms with Crippen molar-refractivity contribution >= 4 is 40.0 Å². The van der Waals surface area contributed by atoms with Crippen LogP contribution in [0.4, 0.5) is 23.2 Å². The van der Waals surface area contributed by atoms with Crippen LogP contribution in [0, 0.1) is 5.82 Å². The molecule has 1 atom stereocenters. The van der Waals surface area contributed by atoms with E-state index >= 15 is 0 Å².